The first-order chi connectivity index (χ1) is 16.3. The maximum absolute atomic E-state index is 13.1. The molecule has 0 saturated heterocycles. The fourth-order valence-corrected chi connectivity index (χ4v) is 4.85. The molecule has 0 spiro atoms. The van der Waals surface area contributed by atoms with Crippen LogP contribution < -0.4 is 4.72 Å². The molecule has 2 aromatic heterocycles. The zero-order valence-electron chi connectivity index (χ0n) is 18.6. The molecule has 0 amide bonds. The van der Waals surface area contributed by atoms with Gasteiger partial charge in [-0.2, -0.15) is 0 Å². The third-order valence-corrected chi connectivity index (χ3v) is 6.65. The van der Waals surface area contributed by atoms with E-state index in [-0.39, 0.29) is 5.78 Å². The van der Waals surface area contributed by atoms with Crippen molar-refractivity contribution in [2.24, 2.45) is 0 Å². The summed E-state index contributed by atoms with van der Waals surface area (Å²) in [5, 5.41) is 8.99. The second-order valence-corrected chi connectivity index (χ2v) is 10.7. The standard InChI is InChI=1S/C24H23N5O3S2/c1-17(22(30)19-8-10-21(11-9-19)28-34(2,31)32)33-24-27-26-23(20-12-14-25-15-13-20)29(24)16-18-6-4-3-5-7-18/h3-15,17,28H,16H2,1-2H3. The van der Waals surface area contributed by atoms with Gasteiger partial charge in [0.1, 0.15) is 0 Å². The van der Waals surface area contributed by atoms with Crippen molar-refractivity contribution in [2.45, 2.75) is 23.9 Å². The smallest absolute Gasteiger partial charge is 0.229 e. The molecule has 0 aliphatic carbocycles. The molecule has 0 bridgehead atoms. The summed E-state index contributed by atoms with van der Waals surface area (Å²) in [6, 6.07) is 20.1. The van der Waals surface area contributed by atoms with Crippen molar-refractivity contribution < 1.29 is 13.2 Å². The largest absolute Gasteiger partial charge is 0.298 e. The molecule has 1 atom stereocenters. The molecule has 174 valence electrons. The van der Waals surface area contributed by atoms with Crippen LogP contribution in [0.4, 0.5) is 5.69 Å². The van der Waals surface area contributed by atoms with E-state index < -0.39 is 15.3 Å². The van der Waals surface area contributed by atoms with Gasteiger partial charge in [0.15, 0.2) is 16.8 Å². The summed E-state index contributed by atoms with van der Waals surface area (Å²) in [5.74, 6) is 0.611. The summed E-state index contributed by atoms with van der Waals surface area (Å²) in [6.45, 7) is 2.38. The summed E-state index contributed by atoms with van der Waals surface area (Å²) in [4.78, 5) is 17.1. The lowest BCUT2D eigenvalue weighted by Crippen LogP contribution is -2.15. The Morgan fingerprint density at radius 3 is 2.32 bits per heavy atom. The molecule has 4 rings (SSSR count). The van der Waals surface area contributed by atoms with Gasteiger partial charge in [-0.3, -0.25) is 19.1 Å². The number of hydrogen-bond donors (Lipinski definition) is 1. The Bertz CT molecular complexity index is 1370. The van der Waals surface area contributed by atoms with Crippen LogP contribution in [0, 0.1) is 0 Å². The van der Waals surface area contributed by atoms with Crippen molar-refractivity contribution in [3.63, 3.8) is 0 Å². The normalized spacial score (nSPS) is 12.3. The number of nitrogens with one attached hydrogen (secondary N) is 1. The van der Waals surface area contributed by atoms with E-state index in [9.17, 15) is 13.2 Å². The summed E-state index contributed by atoms with van der Waals surface area (Å²) in [7, 11) is -3.38. The predicted molar refractivity (Wildman–Crippen MR) is 133 cm³/mol. The Balaban J connectivity index is 1.58. The van der Waals surface area contributed by atoms with Gasteiger partial charge in [0.05, 0.1) is 18.1 Å². The van der Waals surface area contributed by atoms with E-state index in [1.807, 2.05) is 54.0 Å². The molecule has 0 radical (unpaired) electrons. The number of hydrogen-bond acceptors (Lipinski definition) is 7. The van der Waals surface area contributed by atoms with Crippen molar-refractivity contribution >= 4 is 33.3 Å². The maximum atomic E-state index is 13.1. The third kappa shape index (κ3) is 5.89. The Hall–Kier alpha value is -3.50. The zero-order valence-corrected chi connectivity index (χ0v) is 20.3. The molecule has 8 nitrogen and oxygen atoms in total. The van der Waals surface area contributed by atoms with Gasteiger partial charge < -0.3 is 0 Å². The minimum Gasteiger partial charge on any atom is -0.298 e. The topological polar surface area (TPSA) is 107 Å². The number of aromatic nitrogens is 4. The number of sulfonamides is 1. The lowest BCUT2D eigenvalue weighted by Gasteiger charge is -2.14. The van der Waals surface area contributed by atoms with Crippen LogP contribution in [0.15, 0.2) is 84.3 Å². The fraction of sp³-hybridized carbons (Fsp3) is 0.167. The lowest BCUT2D eigenvalue weighted by atomic mass is 10.1. The van der Waals surface area contributed by atoms with E-state index in [1.165, 1.54) is 11.8 Å². The number of benzene rings is 2. The molecule has 0 aliphatic rings. The van der Waals surface area contributed by atoms with E-state index >= 15 is 0 Å². The summed E-state index contributed by atoms with van der Waals surface area (Å²) in [6.07, 6.45) is 4.49. The van der Waals surface area contributed by atoms with Gasteiger partial charge in [-0.05, 0) is 48.9 Å². The molecule has 2 heterocycles. The summed E-state index contributed by atoms with van der Waals surface area (Å²) >= 11 is 1.33. The highest BCUT2D eigenvalue weighted by atomic mass is 32.2. The van der Waals surface area contributed by atoms with Crippen LogP contribution in [0.1, 0.15) is 22.8 Å². The van der Waals surface area contributed by atoms with Gasteiger partial charge >= 0.3 is 0 Å². The molecule has 1 N–H and O–H groups in total. The molecular weight excluding hydrogens is 470 g/mol. The Morgan fingerprint density at radius 2 is 1.68 bits per heavy atom. The monoisotopic (exact) mass is 493 g/mol. The minimum absolute atomic E-state index is 0.0874. The number of pyridine rings is 1. The minimum atomic E-state index is -3.38. The number of ketones is 1. The van der Waals surface area contributed by atoms with E-state index in [0.717, 1.165) is 17.4 Å². The number of rotatable bonds is 9. The van der Waals surface area contributed by atoms with Gasteiger partial charge in [-0.15, -0.1) is 10.2 Å². The highest BCUT2D eigenvalue weighted by Gasteiger charge is 2.22. The number of anilines is 1. The van der Waals surface area contributed by atoms with Crippen LogP contribution in [0.5, 0.6) is 0 Å². The molecule has 4 aromatic rings. The van der Waals surface area contributed by atoms with Gasteiger partial charge in [-0.25, -0.2) is 8.42 Å². The highest BCUT2D eigenvalue weighted by molar-refractivity contribution is 8.00. The van der Waals surface area contributed by atoms with Crippen molar-refractivity contribution in [1.29, 1.82) is 0 Å². The van der Waals surface area contributed by atoms with Crippen LogP contribution in [0.25, 0.3) is 11.4 Å². The van der Waals surface area contributed by atoms with E-state index in [0.29, 0.717) is 28.8 Å². The van der Waals surface area contributed by atoms with Gasteiger partial charge in [0.25, 0.3) is 0 Å². The first kappa shape index (κ1) is 23.7. The maximum Gasteiger partial charge on any atom is 0.229 e. The number of nitrogens with zero attached hydrogens (tertiary/aromatic N) is 4. The van der Waals surface area contributed by atoms with Gasteiger partial charge in [-0.1, -0.05) is 42.1 Å². The van der Waals surface area contributed by atoms with Crippen LogP contribution in [-0.2, 0) is 16.6 Å². The molecule has 0 fully saturated rings. The Kier molecular flexibility index (Phi) is 7.09. The molecule has 0 aliphatic heterocycles. The average Bonchev–Trinajstić information content (AvgIpc) is 3.21. The first-order valence-corrected chi connectivity index (χ1v) is 13.2. The number of thioether (sulfide) groups is 1. The van der Waals surface area contributed by atoms with E-state index in [1.54, 1.807) is 36.7 Å². The second kappa shape index (κ2) is 10.2. The number of Topliss-reactive ketones (excluding diaryl/α,β-unsaturated/α-hetero) is 1. The molecule has 2 aromatic carbocycles. The van der Waals surface area contributed by atoms with Crippen LogP contribution in [-0.4, -0.2) is 45.5 Å². The average molecular weight is 494 g/mol. The highest BCUT2D eigenvalue weighted by Crippen LogP contribution is 2.29. The van der Waals surface area contributed by atoms with E-state index in [2.05, 4.69) is 19.9 Å². The predicted octanol–water partition coefficient (Wildman–Crippen LogP) is 4.12. The van der Waals surface area contributed by atoms with Crippen molar-refractivity contribution in [1.82, 2.24) is 19.7 Å². The molecule has 1 unspecified atom stereocenters. The van der Waals surface area contributed by atoms with Crippen molar-refractivity contribution in [2.75, 3.05) is 11.0 Å². The van der Waals surface area contributed by atoms with Crippen molar-refractivity contribution in [3.05, 3.63) is 90.3 Å². The molecule has 0 saturated carbocycles. The molecule has 10 heteroatoms. The SMILES string of the molecule is CC(Sc1nnc(-c2ccncc2)n1Cc1ccccc1)C(=O)c1ccc(NS(C)(=O)=O)cc1. The van der Waals surface area contributed by atoms with Crippen molar-refractivity contribution in [3.8, 4) is 11.4 Å². The van der Waals surface area contributed by atoms with E-state index in [4.69, 9.17) is 0 Å². The first-order valence-electron chi connectivity index (χ1n) is 10.5. The summed E-state index contributed by atoms with van der Waals surface area (Å²) in [5.41, 5.74) is 2.87. The fourth-order valence-electron chi connectivity index (χ4n) is 3.36. The lowest BCUT2D eigenvalue weighted by molar-refractivity contribution is 0.0994. The third-order valence-electron chi connectivity index (χ3n) is 4.96. The van der Waals surface area contributed by atoms with Crippen LogP contribution in [0.3, 0.4) is 0 Å². The Labute approximate surface area is 202 Å². The second-order valence-electron chi connectivity index (χ2n) is 7.69. The summed E-state index contributed by atoms with van der Waals surface area (Å²) < 4.78 is 27.2. The van der Waals surface area contributed by atoms with Crippen LogP contribution >= 0.6 is 11.8 Å². The molecule has 34 heavy (non-hydrogen) atoms. The molecular formula is C24H23N5O3S2. The number of carbonyl (C=O) groups excluding carboxylic acids is 1. The van der Waals surface area contributed by atoms with Gasteiger partial charge in [0, 0.05) is 29.2 Å². The quantitative estimate of drug-likeness (QED) is 0.276. The van der Waals surface area contributed by atoms with Crippen LogP contribution in [0.2, 0.25) is 0 Å². The zero-order chi connectivity index (χ0) is 24.1. The van der Waals surface area contributed by atoms with Gasteiger partial charge in [0.2, 0.25) is 10.0 Å². The Morgan fingerprint density at radius 1 is 1.00 bits per heavy atom. The number of carbonyl (C=O) groups is 1.